The van der Waals surface area contributed by atoms with Gasteiger partial charge in [0.15, 0.2) is 0 Å². The normalized spacial score (nSPS) is 7.73. The number of carbonyl (C=O) groups is 2. The van der Waals surface area contributed by atoms with E-state index in [-0.39, 0.29) is 32.5 Å². The molecule has 11 heavy (non-hydrogen) atoms. The number of hydrogen-bond donors (Lipinski definition) is 1. The van der Waals surface area contributed by atoms with Crippen LogP contribution in [0.2, 0.25) is 0 Å². The van der Waals surface area contributed by atoms with E-state index >= 15 is 0 Å². The molecule has 0 aliphatic heterocycles. The molecule has 0 aromatic rings. The number of esters is 1. The molecule has 60 valence electrons. The topological polar surface area (TPSA) is 63.6 Å². The van der Waals surface area contributed by atoms with Gasteiger partial charge in [0.2, 0.25) is 0 Å². The van der Waals surface area contributed by atoms with Crippen LogP contribution in [0.4, 0.5) is 0 Å². The Morgan fingerprint density at radius 3 is 2.36 bits per heavy atom. The Labute approximate surface area is 83.3 Å². The number of carboxylic acid groups (broad SMARTS) is 1. The van der Waals surface area contributed by atoms with Gasteiger partial charge >= 0.3 is 35.0 Å². The zero-order valence-electron chi connectivity index (χ0n) is 8.29. The second-order valence-electron chi connectivity index (χ2n) is 1.50. The van der Waals surface area contributed by atoms with E-state index in [1.807, 2.05) is 0 Å². The van der Waals surface area contributed by atoms with Crippen LogP contribution in [0, 0.1) is 0 Å². The summed E-state index contributed by atoms with van der Waals surface area (Å²) in [4.78, 5) is 20.5. The molecule has 0 bridgehead atoms. The van der Waals surface area contributed by atoms with Crippen molar-refractivity contribution in [2.75, 3.05) is 6.61 Å². The van der Waals surface area contributed by atoms with Gasteiger partial charge in [0.1, 0.15) is 5.57 Å². The summed E-state index contributed by atoms with van der Waals surface area (Å²) in [6, 6.07) is 0. The molecule has 0 radical (unpaired) electrons. The number of carboxylic acids is 1. The van der Waals surface area contributed by atoms with Crippen LogP contribution in [-0.4, -0.2) is 46.7 Å². The molecule has 0 saturated carbocycles. The van der Waals surface area contributed by atoms with Crippen LogP contribution in [-0.2, 0) is 14.3 Å². The Morgan fingerprint density at radius 2 is 2.09 bits per heavy atom. The van der Waals surface area contributed by atoms with E-state index < -0.39 is 17.5 Å². The standard InChI is InChI=1S/C6H8O4.Mg.2H/c1-3-10-6(9)4(2)5(7)8;;;/h2-3H2,1H3,(H,7,8);;;/q;+2;2*-1. The van der Waals surface area contributed by atoms with Gasteiger partial charge in [-0.3, -0.25) is 0 Å². The van der Waals surface area contributed by atoms with Crippen LogP contribution in [0.25, 0.3) is 0 Å². The van der Waals surface area contributed by atoms with Gasteiger partial charge in [0, 0.05) is 0 Å². The zero-order chi connectivity index (χ0) is 8.15. The van der Waals surface area contributed by atoms with E-state index in [2.05, 4.69) is 11.3 Å². The van der Waals surface area contributed by atoms with Gasteiger partial charge in [-0.25, -0.2) is 9.59 Å². The number of hydrogen-bond acceptors (Lipinski definition) is 3. The summed E-state index contributed by atoms with van der Waals surface area (Å²) in [6.07, 6.45) is 0. The van der Waals surface area contributed by atoms with Crippen molar-refractivity contribution in [1.82, 2.24) is 0 Å². The maximum Gasteiger partial charge on any atom is 2.00 e. The number of ether oxygens (including phenoxy) is 1. The number of carbonyl (C=O) groups excluding carboxylic acids is 1. The smallest absolute Gasteiger partial charge is 1.00 e. The summed E-state index contributed by atoms with van der Waals surface area (Å²) < 4.78 is 4.35. The van der Waals surface area contributed by atoms with E-state index in [9.17, 15) is 9.59 Å². The second kappa shape index (κ2) is 6.18. The fourth-order valence-electron chi connectivity index (χ4n) is 0.306. The Balaban J connectivity index is -0.000000135. The molecule has 4 nitrogen and oxygen atoms in total. The molecule has 5 heteroatoms. The van der Waals surface area contributed by atoms with Crippen molar-refractivity contribution in [3.05, 3.63) is 12.2 Å². The quantitative estimate of drug-likeness (QED) is 0.213. The minimum Gasteiger partial charge on any atom is -1.00 e. The van der Waals surface area contributed by atoms with Crippen LogP contribution in [0.15, 0.2) is 12.2 Å². The molecular formula is C6H10MgO4. The second-order valence-corrected chi connectivity index (χ2v) is 1.50. The average molecular weight is 170 g/mol. The molecule has 0 unspecified atom stereocenters. The third kappa shape index (κ3) is 4.80. The van der Waals surface area contributed by atoms with Crippen molar-refractivity contribution in [3.63, 3.8) is 0 Å². The van der Waals surface area contributed by atoms with Gasteiger partial charge in [-0.2, -0.15) is 0 Å². The monoisotopic (exact) mass is 170 g/mol. The third-order valence-corrected chi connectivity index (χ3v) is 0.780. The van der Waals surface area contributed by atoms with E-state index in [1.165, 1.54) is 0 Å². The Hall–Kier alpha value is -0.554. The molecule has 0 fully saturated rings. The molecule has 0 heterocycles. The van der Waals surface area contributed by atoms with Crippen molar-refractivity contribution in [1.29, 1.82) is 0 Å². The molecule has 0 aromatic heterocycles. The first-order valence-corrected chi connectivity index (χ1v) is 2.69. The van der Waals surface area contributed by atoms with Crippen molar-refractivity contribution in [2.45, 2.75) is 6.92 Å². The Morgan fingerprint density at radius 1 is 1.64 bits per heavy atom. The molecule has 0 atom stereocenters. The summed E-state index contributed by atoms with van der Waals surface area (Å²) in [5.41, 5.74) is -0.540. The van der Waals surface area contributed by atoms with Gasteiger partial charge in [0.25, 0.3) is 0 Å². The molecule has 0 saturated heterocycles. The van der Waals surface area contributed by atoms with Crippen LogP contribution < -0.4 is 0 Å². The first-order chi connectivity index (χ1) is 4.59. The molecule has 0 aliphatic carbocycles. The van der Waals surface area contributed by atoms with E-state index in [0.29, 0.717) is 0 Å². The van der Waals surface area contributed by atoms with Crippen molar-refractivity contribution >= 4 is 35.0 Å². The van der Waals surface area contributed by atoms with Crippen LogP contribution in [0.3, 0.4) is 0 Å². The van der Waals surface area contributed by atoms with E-state index in [4.69, 9.17) is 5.11 Å². The SMILES string of the molecule is C=C(C(=O)O)C(=O)OCC.[H-].[H-].[Mg+2]. The summed E-state index contributed by atoms with van der Waals surface area (Å²) in [6.45, 7) is 4.75. The van der Waals surface area contributed by atoms with Crippen LogP contribution in [0.5, 0.6) is 0 Å². The van der Waals surface area contributed by atoms with Gasteiger partial charge in [-0.1, -0.05) is 6.58 Å². The molecule has 0 aromatic carbocycles. The van der Waals surface area contributed by atoms with Crippen LogP contribution >= 0.6 is 0 Å². The number of rotatable bonds is 3. The minimum atomic E-state index is -1.35. The third-order valence-electron chi connectivity index (χ3n) is 0.780. The van der Waals surface area contributed by atoms with Gasteiger partial charge < -0.3 is 12.7 Å². The van der Waals surface area contributed by atoms with Crippen molar-refractivity contribution in [3.8, 4) is 0 Å². The molecule has 0 spiro atoms. The van der Waals surface area contributed by atoms with Crippen molar-refractivity contribution in [2.24, 2.45) is 0 Å². The Bertz CT molecular complexity index is 183. The predicted octanol–water partition coefficient (Wildman–Crippen LogP) is 0.0345. The average Bonchev–Trinajstić information content (AvgIpc) is 1.87. The van der Waals surface area contributed by atoms with E-state index in [1.54, 1.807) is 6.92 Å². The molecule has 1 N–H and O–H groups in total. The zero-order valence-corrected chi connectivity index (χ0v) is 7.71. The first kappa shape index (κ1) is 13.1. The van der Waals surface area contributed by atoms with E-state index in [0.717, 1.165) is 0 Å². The summed E-state index contributed by atoms with van der Waals surface area (Å²) in [7, 11) is 0. The molecular weight excluding hydrogens is 160 g/mol. The first-order valence-electron chi connectivity index (χ1n) is 2.69. The minimum absolute atomic E-state index is 0. The molecule has 0 aliphatic rings. The summed E-state index contributed by atoms with van der Waals surface area (Å²) >= 11 is 0. The fourth-order valence-corrected chi connectivity index (χ4v) is 0.306. The molecule has 0 rings (SSSR count). The fraction of sp³-hybridized carbons (Fsp3) is 0.333. The summed E-state index contributed by atoms with van der Waals surface area (Å²) in [5.74, 6) is -2.23. The largest absolute Gasteiger partial charge is 2.00 e. The van der Waals surface area contributed by atoms with Crippen LogP contribution in [0.1, 0.15) is 9.78 Å². The van der Waals surface area contributed by atoms with Crippen molar-refractivity contribution < 1.29 is 22.3 Å². The maximum absolute atomic E-state index is 10.5. The summed E-state index contributed by atoms with van der Waals surface area (Å²) in [5, 5.41) is 8.18. The van der Waals surface area contributed by atoms with Gasteiger partial charge in [-0.15, -0.1) is 0 Å². The maximum atomic E-state index is 10.5. The Kier molecular flexibility index (Phi) is 7.34. The molecule has 0 amide bonds. The number of aliphatic carboxylic acids is 1. The van der Waals surface area contributed by atoms with Gasteiger partial charge in [0.05, 0.1) is 6.61 Å². The van der Waals surface area contributed by atoms with Gasteiger partial charge in [-0.05, 0) is 6.92 Å². The predicted molar refractivity (Wildman–Crippen MR) is 41.4 cm³/mol.